The first kappa shape index (κ1) is 18.3. The molecule has 3 aliphatic rings. The second kappa shape index (κ2) is 6.39. The molecule has 6 nitrogen and oxygen atoms in total. The lowest BCUT2D eigenvalue weighted by atomic mass is 9.80. The number of hydrogen-bond donors (Lipinski definition) is 1. The molecule has 1 aliphatic carbocycles. The van der Waals surface area contributed by atoms with Crippen molar-refractivity contribution >= 4 is 6.02 Å². The molecule has 2 heterocycles. The molecular formula is C23H26N2O4. The number of nitrogens with two attached hydrogens (primary N) is 1. The molecule has 0 bridgehead atoms. The van der Waals surface area contributed by atoms with E-state index in [4.69, 9.17) is 29.7 Å². The zero-order valence-corrected chi connectivity index (χ0v) is 17.0. The molecule has 1 atom stereocenters. The molecule has 6 heteroatoms. The summed E-state index contributed by atoms with van der Waals surface area (Å²) in [7, 11) is 1.68. The highest BCUT2D eigenvalue weighted by molar-refractivity contribution is 5.77. The summed E-state index contributed by atoms with van der Waals surface area (Å²) in [5.74, 6) is 2.92. The summed E-state index contributed by atoms with van der Waals surface area (Å²) in [6, 6.07) is 12.4. The molecule has 2 aromatic rings. The van der Waals surface area contributed by atoms with Crippen molar-refractivity contribution in [3.63, 3.8) is 0 Å². The molecule has 2 aliphatic heterocycles. The van der Waals surface area contributed by atoms with Crippen molar-refractivity contribution in [2.75, 3.05) is 20.3 Å². The molecule has 0 amide bonds. The number of methoxy groups -OCH3 is 1. The maximum atomic E-state index is 6.23. The third-order valence-corrected chi connectivity index (χ3v) is 5.98. The van der Waals surface area contributed by atoms with E-state index in [0.29, 0.717) is 19.1 Å². The minimum Gasteiger partial charge on any atom is -0.491 e. The van der Waals surface area contributed by atoms with Crippen LogP contribution in [0.15, 0.2) is 41.4 Å². The lowest BCUT2D eigenvalue weighted by Gasteiger charge is -2.34. The van der Waals surface area contributed by atoms with E-state index >= 15 is 0 Å². The van der Waals surface area contributed by atoms with Gasteiger partial charge in [-0.2, -0.15) is 0 Å². The fraction of sp³-hybridized carbons (Fsp3) is 0.435. The quantitative estimate of drug-likeness (QED) is 0.828. The minimum atomic E-state index is -0.714. The van der Waals surface area contributed by atoms with Gasteiger partial charge >= 0.3 is 0 Å². The van der Waals surface area contributed by atoms with Crippen molar-refractivity contribution in [3.05, 3.63) is 53.1 Å². The van der Waals surface area contributed by atoms with Gasteiger partial charge in [-0.25, -0.2) is 4.99 Å². The zero-order chi connectivity index (χ0) is 20.2. The summed E-state index contributed by atoms with van der Waals surface area (Å²) >= 11 is 0. The van der Waals surface area contributed by atoms with Crippen LogP contribution in [0.25, 0.3) is 0 Å². The van der Waals surface area contributed by atoms with Crippen LogP contribution in [0.5, 0.6) is 17.2 Å². The fourth-order valence-electron chi connectivity index (χ4n) is 3.93. The van der Waals surface area contributed by atoms with Crippen molar-refractivity contribution in [3.8, 4) is 17.2 Å². The van der Waals surface area contributed by atoms with E-state index in [2.05, 4.69) is 12.1 Å². The van der Waals surface area contributed by atoms with Gasteiger partial charge in [0.25, 0.3) is 6.02 Å². The van der Waals surface area contributed by atoms with Crippen LogP contribution < -0.4 is 15.2 Å². The first-order chi connectivity index (χ1) is 13.9. The van der Waals surface area contributed by atoms with Crippen LogP contribution in [0.2, 0.25) is 0 Å². The lowest BCUT2D eigenvalue weighted by Crippen LogP contribution is -2.32. The molecule has 0 aromatic heterocycles. The summed E-state index contributed by atoms with van der Waals surface area (Å²) in [4.78, 5) is 4.76. The molecule has 0 radical (unpaired) electrons. The van der Waals surface area contributed by atoms with Crippen LogP contribution in [0.4, 0.5) is 0 Å². The topological polar surface area (TPSA) is 75.3 Å². The van der Waals surface area contributed by atoms with Gasteiger partial charge in [0.05, 0.1) is 5.60 Å². The standard InChI is InChI=1S/C23H26N2O4/c1-22(2,26-3)12-27-16-7-9-20-18(11-16)23(13-28-21(24)25-23)17-10-15(14-4-5-14)6-8-19(17)29-20/h6-11,14H,4-5,12-13H2,1-3H3,(H2,24,25)/t23-/m0/s1. The average molecular weight is 394 g/mol. The SMILES string of the molecule is COC(C)(C)COc1ccc2c(c1)[C@]1(COC(N)=N1)c1cc(C3CC3)ccc1O2. The Morgan fingerprint density at radius 3 is 2.52 bits per heavy atom. The van der Waals surface area contributed by atoms with Gasteiger partial charge in [0.2, 0.25) is 0 Å². The number of fused-ring (bicyclic) bond motifs is 4. The average Bonchev–Trinajstić information content (AvgIpc) is 3.50. The van der Waals surface area contributed by atoms with Gasteiger partial charge in [-0.05, 0) is 68.5 Å². The highest BCUT2D eigenvalue weighted by Crippen LogP contribution is 2.53. The second-order valence-electron chi connectivity index (χ2n) is 8.64. The maximum Gasteiger partial charge on any atom is 0.283 e. The van der Waals surface area contributed by atoms with E-state index in [9.17, 15) is 0 Å². The monoisotopic (exact) mass is 394 g/mol. The third-order valence-electron chi connectivity index (χ3n) is 5.98. The Morgan fingerprint density at radius 2 is 1.86 bits per heavy atom. The number of benzene rings is 2. The van der Waals surface area contributed by atoms with Crippen LogP contribution >= 0.6 is 0 Å². The molecule has 1 saturated carbocycles. The first-order valence-corrected chi connectivity index (χ1v) is 10.0. The van der Waals surface area contributed by atoms with Gasteiger partial charge in [0.1, 0.15) is 30.5 Å². The van der Waals surface area contributed by atoms with E-state index in [1.807, 2.05) is 38.1 Å². The Labute approximate surface area is 170 Å². The molecule has 2 aromatic carbocycles. The van der Waals surface area contributed by atoms with E-state index in [1.54, 1.807) is 7.11 Å². The molecule has 2 N–H and O–H groups in total. The molecule has 0 unspecified atom stereocenters. The Bertz CT molecular complexity index is 996. The predicted molar refractivity (Wildman–Crippen MR) is 110 cm³/mol. The lowest BCUT2D eigenvalue weighted by molar-refractivity contribution is -0.0147. The Hall–Kier alpha value is -2.73. The molecule has 1 fully saturated rings. The smallest absolute Gasteiger partial charge is 0.283 e. The Kier molecular flexibility index (Phi) is 4.03. The largest absolute Gasteiger partial charge is 0.491 e. The van der Waals surface area contributed by atoms with E-state index in [-0.39, 0.29) is 11.6 Å². The van der Waals surface area contributed by atoms with Crippen LogP contribution in [0.1, 0.15) is 49.3 Å². The molecule has 5 rings (SSSR count). The van der Waals surface area contributed by atoms with Gasteiger partial charge in [0, 0.05) is 18.2 Å². The van der Waals surface area contributed by atoms with Crippen LogP contribution in [0, 0.1) is 0 Å². The van der Waals surface area contributed by atoms with E-state index < -0.39 is 5.54 Å². The Balaban J connectivity index is 1.58. The molecule has 1 spiro atoms. The maximum absolute atomic E-state index is 6.23. The number of rotatable bonds is 5. The number of nitrogens with zero attached hydrogens (tertiary/aromatic N) is 1. The zero-order valence-electron chi connectivity index (χ0n) is 17.0. The summed E-state index contributed by atoms with van der Waals surface area (Å²) < 4.78 is 23.4. The van der Waals surface area contributed by atoms with Crippen molar-refractivity contribution < 1.29 is 18.9 Å². The fourth-order valence-corrected chi connectivity index (χ4v) is 3.93. The highest BCUT2D eigenvalue weighted by atomic mass is 16.5. The number of hydrogen-bond acceptors (Lipinski definition) is 6. The minimum absolute atomic E-state index is 0.201. The van der Waals surface area contributed by atoms with Gasteiger partial charge < -0.3 is 24.7 Å². The third kappa shape index (κ3) is 3.12. The van der Waals surface area contributed by atoms with E-state index in [1.165, 1.54) is 18.4 Å². The van der Waals surface area contributed by atoms with Crippen molar-refractivity contribution in [2.45, 2.75) is 43.7 Å². The first-order valence-electron chi connectivity index (χ1n) is 10.0. The van der Waals surface area contributed by atoms with Crippen LogP contribution in [-0.4, -0.2) is 31.9 Å². The summed E-state index contributed by atoms with van der Waals surface area (Å²) in [5.41, 5.74) is 8.12. The molecule has 152 valence electrons. The summed E-state index contributed by atoms with van der Waals surface area (Å²) in [5, 5.41) is 0. The predicted octanol–water partition coefficient (Wildman–Crippen LogP) is 4.06. The summed E-state index contributed by atoms with van der Waals surface area (Å²) in [6.45, 7) is 4.76. The number of amidine groups is 1. The van der Waals surface area contributed by atoms with Crippen LogP contribution in [0.3, 0.4) is 0 Å². The van der Waals surface area contributed by atoms with Crippen molar-refractivity contribution in [2.24, 2.45) is 10.7 Å². The van der Waals surface area contributed by atoms with Gasteiger partial charge in [-0.1, -0.05) is 6.07 Å². The van der Waals surface area contributed by atoms with Crippen molar-refractivity contribution in [1.82, 2.24) is 0 Å². The number of aliphatic imine (C=N–C) groups is 1. The summed E-state index contributed by atoms with van der Waals surface area (Å²) in [6.07, 6.45) is 2.47. The van der Waals surface area contributed by atoms with E-state index in [0.717, 1.165) is 28.4 Å². The normalized spacial score (nSPS) is 22.4. The second-order valence-corrected chi connectivity index (χ2v) is 8.64. The molecule has 0 saturated heterocycles. The molecule has 29 heavy (non-hydrogen) atoms. The Morgan fingerprint density at radius 1 is 1.14 bits per heavy atom. The van der Waals surface area contributed by atoms with Crippen molar-refractivity contribution in [1.29, 1.82) is 0 Å². The van der Waals surface area contributed by atoms with Gasteiger partial charge in [0.15, 0.2) is 5.54 Å². The van der Waals surface area contributed by atoms with Crippen LogP contribution in [-0.2, 0) is 15.0 Å². The number of ether oxygens (including phenoxy) is 4. The van der Waals surface area contributed by atoms with Gasteiger partial charge in [-0.3, -0.25) is 0 Å². The van der Waals surface area contributed by atoms with Gasteiger partial charge in [-0.15, -0.1) is 0 Å². The highest BCUT2D eigenvalue weighted by Gasteiger charge is 2.47. The molecular weight excluding hydrogens is 368 g/mol.